The van der Waals surface area contributed by atoms with E-state index in [0.717, 1.165) is 11.1 Å². The van der Waals surface area contributed by atoms with E-state index in [-0.39, 0.29) is 29.3 Å². The van der Waals surface area contributed by atoms with Crippen molar-refractivity contribution in [2.45, 2.75) is 54.6 Å². The summed E-state index contributed by atoms with van der Waals surface area (Å²) >= 11 is 0. The number of rotatable bonds is 8. The van der Waals surface area contributed by atoms with Gasteiger partial charge in [-0.2, -0.15) is 0 Å². The molecule has 0 heterocycles. The molecule has 0 aromatic heterocycles. The lowest BCUT2D eigenvalue weighted by atomic mass is 9.81. The fourth-order valence-electron chi connectivity index (χ4n) is 2.69. The molecule has 0 aliphatic rings. The van der Waals surface area contributed by atoms with Gasteiger partial charge in [-0.25, -0.2) is 0 Å². The maximum Gasteiger partial charge on any atom is 0.308 e. The topological polar surface area (TPSA) is 35.5 Å². The summed E-state index contributed by atoms with van der Waals surface area (Å²) in [4.78, 5) is 12.0. The Bertz CT molecular complexity index is 541. The Balaban J connectivity index is 2.73. The molecular weight excluding hydrogens is 300 g/mol. The molecule has 0 aliphatic carbocycles. The lowest BCUT2D eigenvalue weighted by molar-refractivity contribution is -0.165. The molecule has 134 valence electrons. The molecule has 1 aromatic carbocycles. The van der Waals surface area contributed by atoms with Gasteiger partial charge < -0.3 is 9.47 Å². The van der Waals surface area contributed by atoms with Crippen LogP contribution in [-0.2, 0) is 14.3 Å². The molecule has 0 fully saturated rings. The second kappa shape index (κ2) is 8.91. The molecule has 24 heavy (non-hydrogen) atoms. The van der Waals surface area contributed by atoms with Gasteiger partial charge in [-0.1, -0.05) is 71.9 Å². The van der Waals surface area contributed by atoms with Crippen LogP contribution in [0.1, 0.15) is 54.0 Å². The normalized spacial score (nSPS) is 14.0. The third-order valence-corrected chi connectivity index (χ3v) is 4.03. The zero-order valence-corrected chi connectivity index (χ0v) is 16.1. The smallest absolute Gasteiger partial charge is 0.308 e. The molecule has 3 nitrogen and oxygen atoms in total. The van der Waals surface area contributed by atoms with Crippen LogP contribution in [0.5, 0.6) is 0 Å². The Morgan fingerprint density at radius 2 is 1.71 bits per heavy atom. The third-order valence-electron chi connectivity index (χ3n) is 4.03. The minimum absolute atomic E-state index is 0.122. The van der Waals surface area contributed by atoms with Crippen LogP contribution in [0.3, 0.4) is 0 Å². The van der Waals surface area contributed by atoms with Crippen molar-refractivity contribution in [3.05, 3.63) is 42.2 Å². The first-order valence-corrected chi connectivity index (χ1v) is 8.69. The van der Waals surface area contributed by atoms with Gasteiger partial charge in [0, 0.05) is 5.41 Å². The number of ether oxygens (including phenoxy) is 2. The molecule has 0 N–H and O–H groups in total. The van der Waals surface area contributed by atoms with Crippen molar-refractivity contribution >= 4 is 11.5 Å². The number of carbonyl (C=O) groups is 1. The fourth-order valence-corrected chi connectivity index (χ4v) is 2.69. The van der Waals surface area contributed by atoms with Crippen LogP contribution in [-0.4, -0.2) is 18.7 Å². The van der Waals surface area contributed by atoms with Crippen molar-refractivity contribution in [2.75, 3.05) is 6.61 Å². The number of benzene rings is 1. The van der Waals surface area contributed by atoms with Crippen molar-refractivity contribution in [3.8, 4) is 0 Å². The van der Waals surface area contributed by atoms with E-state index in [4.69, 9.17) is 9.47 Å². The van der Waals surface area contributed by atoms with Crippen LogP contribution in [0.4, 0.5) is 0 Å². The summed E-state index contributed by atoms with van der Waals surface area (Å²) in [5.74, 6) is -0.0496. The number of hydrogen-bond donors (Lipinski definition) is 0. The SMILES string of the molecule is C/C(=C/OCC(C)(C)C(OC(=O)C(C)C)C(C)C)c1ccccc1. The highest BCUT2D eigenvalue weighted by Gasteiger charge is 2.36. The van der Waals surface area contributed by atoms with Crippen molar-refractivity contribution in [2.24, 2.45) is 17.3 Å². The Morgan fingerprint density at radius 1 is 1.12 bits per heavy atom. The van der Waals surface area contributed by atoms with Gasteiger partial charge in [-0.05, 0) is 24.0 Å². The minimum atomic E-state index is -0.272. The summed E-state index contributed by atoms with van der Waals surface area (Å²) in [6.07, 6.45) is 1.61. The monoisotopic (exact) mass is 332 g/mol. The molecule has 1 rings (SSSR count). The van der Waals surface area contributed by atoms with E-state index in [2.05, 4.69) is 39.8 Å². The van der Waals surface area contributed by atoms with Gasteiger partial charge in [0.25, 0.3) is 0 Å². The number of carbonyl (C=O) groups excluding carboxylic acids is 1. The van der Waals surface area contributed by atoms with Crippen LogP contribution in [0.15, 0.2) is 36.6 Å². The van der Waals surface area contributed by atoms with Gasteiger partial charge >= 0.3 is 5.97 Å². The van der Waals surface area contributed by atoms with Gasteiger partial charge in [0.1, 0.15) is 6.10 Å². The first kappa shape index (κ1) is 20.3. The Hall–Kier alpha value is -1.77. The summed E-state index contributed by atoms with van der Waals surface area (Å²) in [7, 11) is 0. The van der Waals surface area contributed by atoms with Crippen molar-refractivity contribution in [1.29, 1.82) is 0 Å². The van der Waals surface area contributed by atoms with Crippen molar-refractivity contribution in [1.82, 2.24) is 0 Å². The Labute approximate surface area is 147 Å². The molecule has 0 bridgehead atoms. The zero-order valence-electron chi connectivity index (χ0n) is 16.1. The third kappa shape index (κ3) is 6.03. The average Bonchev–Trinajstić information content (AvgIpc) is 2.52. The fraction of sp³-hybridized carbons (Fsp3) is 0.571. The van der Waals surface area contributed by atoms with Crippen LogP contribution < -0.4 is 0 Å². The molecule has 0 spiro atoms. The molecule has 3 heteroatoms. The molecule has 0 radical (unpaired) electrons. The predicted octanol–water partition coefficient (Wildman–Crippen LogP) is 5.31. The average molecular weight is 332 g/mol. The molecule has 1 unspecified atom stereocenters. The van der Waals surface area contributed by atoms with Gasteiger partial charge in [-0.15, -0.1) is 0 Å². The molecule has 0 saturated heterocycles. The predicted molar refractivity (Wildman–Crippen MR) is 99.4 cm³/mol. The lowest BCUT2D eigenvalue weighted by Gasteiger charge is -2.36. The molecule has 0 aliphatic heterocycles. The van der Waals surface area contributed by atoms with E-state index in [1.165, 1.54) is 0 Å². The van der Waals surface area contributed by atoms with Crippen LogP contribution in [0.25, 0.3) is 5.57 Å². The summed E-state index contributed by atoms with van der Waals surface area (Å²) < 4.78 is 11.6. The summed E-state index contributed by atoms with van der Waals surface area (Å²) in [5.41, 5.74) is 1.94. The van der Waals surface area contributed by atoms with Crippen molar-refractivity contribution < 1.29 is 14.3 Å². The molecular formula is C21H32O3. The highest BCUT2D eigenvalue weighted by molar-refractivity contribution is 5.71. The zero-order chi connectivity index (χ0) is 18.3. The van der Waals surface area contributed by atoms with Gasteiger partial charge in [0.2, 0.25) is 0 Å². The molecule has 0 amide bonds. The number of esters is 1. The number of hydrogen-bond acceptors (Lipinski definition) is 3. The number of allylic oxidation sites excluding steroid dienone is 1. The van der Waals surface area contributed by atoms with Crippen LogP contribution in [0, 0.1) is 17.3 Å². The minimum Gasteiger partial charge on any atom is -0.500 e. The van der Waals surface area contributed by atoms with Crippen molar-refractivity contribution in [3.63, 3.8) is 0 Å². The van der Waals surface area contributed by atoms with E-state index in [1.807, 2.05) is 39.0 Å². The lowest BCUT2D eigenvalue weighted by Crippen LogP contribution is -2.41. The summed E-state index contributed by atoms with van der Waals surface area (Å²) in [6, 6.07) is 10.1. The van der Waals surface area contributed by atoms with E-state index in [9.17, 15) is 4.79 Å². The highest BCUT2D eigenvalue weighted by atomic mass is 16.5. The molecule has 1 atom stereocenters. The van der Waals surface area contributed by atoms with Gasteiger partial charge in [-0.3, -0.25) is 4.79 Å². The molecule has 0 saturated carbocycles. The summed E-state index contributed by atoms with van der Waals surface area (Å²) in [6.45, 7) is 14.5. The quantitative estimate of drug-likeness (QED) is 0.478. The second-order valence-electron chi connectivity index (χ2n) is 7.72. The van der Waals surface area contributed by atoms with E-state index >= 15 is 0 Å². The maximum absolute atomic E-state index is 12.0. The van der Waals surface area contributed by atoms with Crippen LogP contribution in [0.2, 0.25) is 0 Å². The first-order valence-electron chi connectivity index (χ1n) is 8.69. The van der Waals surface area contributed by atoms with Gasteiger partial charge in [0.05, 0.1) is 18.8 Å². The van der Waals surface area contributed by atoms with Crippen LogP contribution >= 0.6 is 0 Å². The summed E-state index contributed by atoms with van der Waals surface area (Å²) in [5, 5.41) is 0. The Morgan fingerprint density at radius 3 is 2.21 bits per heavy atom. The first-order chi connectivity index (χ1) is 11.1. The second-order valence-corrected chi connectivity index (χ2v) is 7.72. The maximum atomic E-state index is 12.0. The highest BCUT2D eigenvalue weighted by Crippen LogP contribution is 2.30. The van der Waals surface area contributed by atoms with E-state index in [1.54, 1.807) is 6.26 Å². The standard InChI is InChI=1S/C21H32O3/c1-15(2)19(24-20(22)16(3)4)21(6,7)14-23-13-17(5)18-11-9-8-10-12-18/h8-13,15-16,19H,14H2,1-7H3/b17-13-. The molecule has 1 aromatic rings. The van der Waals surface area contributed by atoms with E-state index in [0.29, 0.717) is 6.61 Å². The Kier molecular flexibility index (Phi) is 7.53. The van der Waals surface area contributed by atoms with Gasteiger partial charge in [0.15, 0.2) is 0 Å². The van der Waals surface area contributed by atoms with E-state index < -0.39 is 0 Å². The largest absolute Gasteiger partial charge is 0.500 e.